The largest absolute Gasteiger partial charge is 0.493 e. The van der Waals surface area contributed by atoms with E-state index in [4.69, 9.17) is 32.0 Å². The van der Waals surface area contributed by atoms with Crippen molar-refractivity contribution in [3.63, 3.8) is 0 Å². The molecule has 3 fully saturated rings. The third-order valence-electron chi connectivity index (χ3n) is 10.3. The molecule has 2 bridgehead atoms. The zero-order valence-electron chi connectivity index (χ0n) is 29.3. The second kappa shape index (κ2) is 17.5. The van der Waals surface area contributed by atoms with Gasteiger partial charge in [-0.1, -0.05) is 79.4 Å². The van der Waals surface area contributed by atoms with Crippen LogP contribution in [0.2, 0.25) is 5.02 Å². The molecule has 9 nitrogen and oxygen atoms in total. The fraction of sp³-hybridized carbons (Fsp3) is 0.462. The number of carboxylic acids is 1. The highest BCUT2D eigenvalue weighted by molar-refractivity contribution is 6.30. The maximum absolute atomic E-state index is 16.5. The lowest BCUT2D eigenvalue weighted by atomic mass is 9.90. The maximum atomic E-state index is 16.5. The normalized spacial score (nSPS) is 21.3. The van der Waals surface area contributed by atoms with E-state index in [2.05, 4.69) is 5.32 Å². The Morgan fingerprint density at radius 2 is 1.35 bits per heavy atom. The quantitative estimate of drug-likeness (QED) is 0.157. The number of fused-ring (bicyclic) bond motifs is 2. The van der Waals surface area contributed by atoms with Crippen LogP contribution in [0.1, 0.15) is 75.0 Å². The summed E-state index contributed by atoms with van der Waals surface area (Å²) >= 11 is 5.99. The van der Waals surface area contributed by atoms with Gasteiger partial charge in [0.15, 0.2) is 12.1 Å². The molecule has 2 amide bonds. The molecule has 292 valence electrons. The summed E-state index contributed by atoms with van der Waals surface area (Å²) in [6, 6.07) is 16.1. The minimum absolute atomic E-state index is 0.109. The zero-order chi connectivity index (χ0) is 39.2. The molecule has 2 heterocycles. The number of nitrogens with zero attached hydrogens (tertiary/aromatic N) is 1. The molecule has 2 aliphatic heterocycles. The number of nitrogens with one attached hydrogen (secondary N) is 1. The van der Waals surface area contributed by atoms with Gasteiger partial charge in [-0.3, -0.25) is 9.59 Å². The SMILES string of the molecule is NC1CC2CCC(C1)N2C(=O)C(NC(=O)C(O)c1ccc(OCC2CCCCC2)cc1)C(F)(F)c1ccc(-c2ccc(Cl)cc2)cc1.O=C(O)C(F)(F)F. The molecule has 3 aromatic rings. The maximum Gasteiger partial charge on any atom is 0.490 e. The lowest BCUT2D eigenvalue weighted by Gasteiger charge is -2.41. The van der Waals surface area contributed by atoms with Crippen molar-refractivity contribution in [2.24, 2.45) is 11.7 Å². The van der Waals surface area contributed by atoms with Crippen molar-refractivity contribution in [2.75, 3.05) is 6.61 Å². The molecule has 3 aliphatic rings. The standard InChI is InChI=1S/C37H42ClF2N3O4.C2HF3O2/c38-28-14-8-25(9-15-28)24-6-12-27(13-7-24)37(39,40)34(36(46)43-30-16-17-31(43)21-29(41)20-30)42-35(45)33(44)26-10-18-32(19-11-26)47-22-23-4-2-1-3-5-23;3-2(4,5)1(6)7/h6-15,18-19,23,29-31,33-34,44H,1-5,16-17,20-22,41H2,(H,42,45);(H,6,7). The van der Waals surface area contributed by atoms with Gasteiger partial charge in [0, 0.05) is 28.7 Å². The van der Waals surface area contributed by atoms with Gasteiger partial charge in [0.05, 0.1) is 6.61 Å². The van der Waals surface area contributed by atoms with Crippen LogP contribution in [0.4, 0.5) is 22.0 Å². The lowest BCUT2D eigenvalue weighted by molar-refractivity contribution is -0.192. The van der Waals surface area contributed by atoms with E-state index in [0.29, 0.717) is 54.5 Å². The second-order valence-electron chi connectivity index (χ2n) is 14.1. The Balaban J connectivity index is 0.000000730. The number of halogens is 6. The number of piperidine rings is 1. The molecular formula is C39H43ClF5N3O6. The minimum Gasteiger partial charge on any atom is -0.493 e. The van der Waals surface area contributed by atoms with E-state index in [0.717, 1.165) is 18.4 Å². The number of nitrogens with two attached hydrogens (primary N) is 1. The summed E-state index contributed by atoms with van der Waals surface area (Å²) < 4.78 is 70.6. The van der Waals surface area contributed by atoms with Crippen LogP contribution in [-0.2, 0) is 20.3 Å². The van der Waals surface area contributed by atoms with Crippen LogP contribution in [0.15, 0.2) is 72.8 Å². The van der Waals surface area contributed by atoms with Crippen LogP contribution in [0.25, 0.3) is 11.1 Å². The van der Waals surface area contributed by atoms with E-state index in [1.807, 2.05) is 0 Å². The van der Waals surface area contributed by atoms with E-state index in [1.54, 1.807) is 48.5 Å². The number of hydrogen-bond donors (Lipinski definition) is 4. The molecule has 6 rings (SSSR count). The van der Waals surface area contributed by atoms with E-state index in [-0.39, 0.29) is 23.7 Å². The van der Waals surface area contributed by atoms with Gasteiger partial charge in [0.2, 0.25) is 0 Å². The van der Waals surface area contributed by atoms with Crippen molar-refractivity contribution in [2.45, 2.75) is 100 Å². The predicted molar refractivity (Wildman–Crippen MR) is 191 cm³/mol. The minimum atomic E-state index is -5.08. The van der Waals surface area contributed by atoms with E-state index >= 15 is 8.78 Å². The lowest BCUT2D eigenvalue weighted by Crippen LogP contribution is -2.61. The molecule has 3 aromatic carbocycles. The molecule has 5 N–H and O–H groups in total. The number of aliphatic hydroxyl groups excluding tert-OH is 1. The molecule has 4 atom stereocenters. The molecule has 0 spiro atoms. The van der Waals surface area contributed by atoms with E-state index in [9.17, 15) is 27.9 Å². The highest BCUT2D eigenvalue weighted by Crippen LogP contribution is 2.40. The molecule has 54 heavy (non-hydrogen) atoms. The highest BCUT2D eigenvalue weighted by atomic mass is 35.5. The number of rotatable bonds is 10. The number of benzene rings is 3. The molecule has 0 radical (unpaired) electrons. The average Bonchev–Trinajstić information content (AvgIpc) is 3.43. The summed E-state index contributed by atoms with van der Waals surface area (Å²) in [7, 11) is 0. The molecule has 0 aromatic heterocycles. The average molecular weight is 780 g/mol. The van der Waals surface area contributed by atoms with Crippen LogP contribution in [-0.4, -0.2) is 69.8 Å². The van der Waals surface area contributed by atoms with Gasteiger partial charge in [0.1, 0.15) is 5.75 Å². The Labute approximate surface area is 314 Å². The van der Waals surface area contributed by atoms with Gasteiger partial charge in [-0.05, 0) is 85.4 Å². The molecule has 4 unspecified atom stereocenters. The number of carbonyl (C=O) groups is 3. The number of amides is 2. The van der Waals surface area contributed by atoms with E-state index in [1.165, 1.54) is 48.4 Å². The van der Waals surface area contributed by atoms with Gasteiger partial charge < -0.3 is 30.9 Å². The molecule has 15 heteroatoms. The van der Waals surface area contributed by atoms with Gasteiger partial charge in [-0.15, -0.1) is 0 Å². The molecule has 1 aliphatic carbocycles. The summed E-state index contributed by atoms with van der Waals surface area (Å²) in [5.41, 5.74) is 7.45. The monoisotopic (exact) mass is 779 g/mol. The van der Waals surface area contributed by atoms with Crippen LogP contribution >= 0.6 is 11.6 Å². The summed E-state index contributed by atoms with van der Waals surface area (Å²) in [4.78, 5) is 37.8. The summed E-state index contributed by atoms with van der Waals surface area (Å²) in [5.74, 6) is -7.39. The second-order valence-corrected chi connectivity index (χ2v) is 14.5. The summed E-state index contributed by atoms with van der Waals surface area (Å²) in [6.07, 6.45) is 1.47. The van der Waals surface area contributed by atoms with Gasteiger partial charge >= 0.3 is 18.1 Å². The zero-order valence-corrected chi connectivity index (χ0v) is 30.0. The predicted octanol–water partition coefficient (Wildman–Crippen LogP) is 7.39. The van der Waals surface area contributed by atoms with Crippen LogP contribution < -0.4 is 15.8 Å². The van der Waals surface area contributed by atoms with Crippen LogP contribution in [0.3, 0.4) is 0 Å². The highest BCUT2D eigenvalue weighted by Gasteiger charge is 2.53. The third kappa shape index (κ3) is 10.1. The Morgan fingerprint density at radius 3 is 1.87 bits per heavy atom. The van der Waals surface area contributed by atoms with Crippen molar-refractivity contribution in [3.05, 3.63) is 88.9 Å². The first-order valence-corrected chi connectivity index (χ1v) is 18.3. The Morgan fingerprint density at radius 1 is 0.833 bits per heavy atom. The van der Waals surface area contributed by atoms with Crippen LogP contribution in [0, 0.1) is 5.92 Å². The first-order valence-electron chi connectivity index (χ1n) is 17.9. The summed E-state index contributed by atoms with van der Waals surface area (Å²) in [5, 5.41) is 20.9. The molecule has 2 saturated heterocycles. The Hall–Kier alpha value is -4.27. The van der Waals surface area contributed by atoms with Crippen molar-refractivity contribution in [1.29, 1.82) is 0 Å². The third-order valence-corrected chi connectivity index (χ3v) is 10.5. The summed E-state index contributed by atoms with van der Waals surface area (Å²) in [6.45, 7) is 0.603. The molecular weight excluding hydrogens is 737 g/mol. The van der Waals surface area contributed by atoms with Crippen molar-refractivity contribution >= 4 is 29.4 Å². The fourth-order valence-corrected chi connectivity index (χ4v) is 7.54. The fourth-order valence-electron chi connectivity index (χ4n) is 7.42. The van der Waals surface area contributed by atoms with E-state index < -0.39 is 47.6 Å². The van der Waals surface area contributed by atoms with Gasteiger partial charge in [-0.2, -0.15) is 22.0 Å². The van der Waals surface area contributed by atoms with Gasteiger partial charge in [-0.25, -0.2) is 4.79 Å². The number of hydrogen-bond acceptors (Lipinski definition) is 6. The van der Waals surface area contributed by atoms with Gasteiger partial charge in [0.25, 0.3) is 11.8 Å². The Kier molecular flexibility index (Phi) is 13.2. The smallest absolute Gasteiger partial charge is 0.490 e. The number of aliphatic carboxylic acids is 1. The van der Waals surface area contributed by atoms with Crippen LogP contribution in [0.5, 0.6) is 5.75 Å². The Bertz CT molecular complexity index is 1720. The number of carbonyl (C=O) groups excluding carboxylic acids is 2. The van der Waals surface area contributed by atoms with Crippen molar-refractivity contribution in [1.82, 2.24) is 10.2 Å². The number of aliphatic hydroxyl groups is 1. The van der Waals surface area contributed by atoms with Crippen molar-refractivity contribution < 1.29 is 51.3 Å². The molecule has 1 saturated carbocycles. The topological polar surface area (TPSA) is 142 Å². The van der Waals surface area contributed by atoms with Crippen molar-refractivity contribution in [3.8, 4) is 16.9 Å². The first kappa shape index (κ1) is 40.9. The number of ether oxygens (including phenoxy) is 1. The number of alkyl halides is 5. The first-order chi connectivity index (χ1) is 25.5. The number of carboxylic acid groups (broad SMARTS) is 1.